The fourth-order valence-electron chi connectivity index (χ4n) is 2.15. The molecule has 1 unspecified atom stereocenters. The molecular formula is C13H16N2O2. The van der Waals surface area contributed by atoms with Crippen LogP contribution in [0.25, 0.3) is 10.9 Å². The lowest BCUT2D eigenvalue weighted by Gasteiger charge is -2.05. The third-order valence-electron chi connectivity index (χ3n) is 3.23. The van der Waals surface area contributed by atoms with Crippen molar-refractivity contribution in [3.8, 4) is 0 Å². The van der Waals surface area contributed by atoms with Crippen molar-refractivity contribution in [1.82, 2.24) is 4.98 Å². The summed E-state index contributed by atoms with van der Waals surface area (Å²) in [6.07, 6.45) is 2.95. The minimum atomic E-state index is -0.491. The van der Waals surface area contributed by atoms with Crippen LogP contribution in [0.15, 0.2) is 24.4 Å². The number of aryl methyl sites for hydroxylation is 1. The quantitative estimate of drug-likeness (QED) is 0.650. The van der Waals surface area contributed by atoms with Crippen LogP contribution in [0.5, 0.6) is 0 Å². The lowest BCUT2D eigenvalue weighted by molar-refractivity contribution is -0.522. The monoisotopic (exact) mass is 232 g/mol. The van der Waals surface area contributed by atoms with Gasteiger partial charge in [-0.25, -0.2) is 0 Å². The second-order valence-electron chi connectivity index (χ2n) is 4.36. The molecule has 0 saturated carbocycles. The highest BCUT2D eigenvalue weighted by Gasteiger charge is 2.19. The molecule has 0 aliphatic heterocycles. The minimum absolute atomic E-state index is 0.186. The molecule has 0 aliphatic rings. The Morgan fingerprint density at radius 2 is 2.24 bits per heavy atom. The number of hydrogen-bond donors (Lipinski definition) is 1. The van der Waals surface area contributed by atoms with E-state index in [0.29, 0.717) is 12.8 Å². The highest BCUT2D eigenvalue weighted by atomic mass is 16.6. The summed E-state index contributed by atoms with van der Waals surface area (Å²) < 4.78 is 0. The van der Waals surface area contributed by atoms with Crippen LogP contribution >= 0.6 is 0 Å². The van der Waals surface area contributed by atoms with Crippen LogP contribution < -0.4 is 0 Å². The van der Waals surface area contributed by atoms with E-state index >= 15 is 0 Å². The van der Waals surface area contributed by atoms with Crippen LogP contribution in [0.1, 0.15) is 24.5 Å². The van der Waals surface area contributed by atoms with E-state index in [2.05, 4.69) is 4.98 Å². The number of aromatic amines is 1. The Labute approximate surface area is 99.8 Å². The molecule has 1 heterocycles. The molecule has 2 rings (SSSR count). The van der Waals surface area contributed by atoms with E-state index in [9.17, 15) is 10.1 Å². The van der Waals surface area contributed by atoms with Gasteiger partial charge in [-0.3, -0.25) is 10.1 Å². The fourth-order valence-corrected chi connectivity index (χ4v) is 2.15. The normalized spacial score (nSPS) is 12.8. The molecule has 1 aromatic heterocycles. The number of nitro groups is 1. The van der Waals surface area contributed by atoms with Gasteiger partial charge in [-0.1, -0.05) is 25.1 Å². The predicted octanol–water partition coefficient (Wildman–Crippen LogP) is 3.07. The lowest BCUT2D eigenvalue weighted by Crippen LogP contribution is -2.20. The first-order valence-corrected chi connectivity index (χ1v) is 5.82. The van der Waals surface area contributed by atoms with Crippen LogP contribution in [0.4, 0.5) is 0 Å². The van der Waals surface area contributed by atoms with E-state index < -0.39 is 6.04 Å². The van der Waals surface area contributed by atoms with Crippen molar-refractivity contribution in [2.24, 2.45) is 0 Å². The topological polar surface area (TPSA) is 58.9 Å². The van der Waals surface area contributed by atoms with Crippen molar-refractivity contribution in [2.75, 3.05) is 0 Å². The summed E-state index contributed by atoms with van der Waals surface area (Å²) in [6, 6.07) is 5.55. The molecule has 1 aromatic carbocycles. The highest BCUT2D eigenvalue weighted by Crippen LogP contribution is 2.23. The standard InChI is InChI=1S/C13H16N2O2/c1-3-11(15(16)17)7-10-8-14-13-9(2)5-4-6-12(10)13/h4-6,8,11,14H,3,7H2,1-2H3. The van der Waals surface area contributed by atoms with Crippen LogP contribution in [0.3, 0.4) is 0 Å². The van der Waals surface area contributed by atoms with Crippen LogP contribution in [-0.2, 0) is 6.42 Å². The number of rotatable bonds is 4. The fraction of sp³-hybridized carbons (Fsp3) is 0.385. The molecule has 0 amide bonds. The Hall–Kier alpha value is -1.84. The Bertz CT molecular complexity index is 545. The summed E-state index contributed by atoms with van der Waals surface area (Å²) in [5, 5.41) is 12.0. The van der Waals surface area contributed by atoms with Gasteiger partial charge >= 0.3 is 0 Å². The largest absolute Gasteiger partial charge is 0.361 e. The van der Waals surface area contributed by atoms with Crippen molar-refractivity contribution in [3.05, 3.63) is 45.6 Å². The van der Waals surface area contributed by atoms with E-state index in [0.717, 1.165) is 16.5 Å². The summed E-state index contributed by atoms with van der Waals surface area (Å²) in [6.45, 7) is 3.89. The zero-order valence-corrected chi connectivity index (χ0v) is 10.1. The van der Waals surface area contributed by atoms with E-state index in [4.69, 9.17) is 0 Å². The van der Waals surface area contributed by atoms with Crippen molar-refractivity contribution in [1.29, 1.82) is 0 Å². The van der Waals surface area contributed by atoms with E-state index in [1.165, 1.54) is 5.56 Å². The molecule has 0 fully saturated rings. The van der Waals surface area contributed by atoms with Gasteiger partial charge in [0.05, 0.1) is 0 Å². The maximum absolute atomic E-state index is 10.9. The first-order chi connectivity index (χ1) is 8.13. The SMILES string of the molecule is CCC(Cc1c[nH]c2c(C)cccc12)[N+](=O)[O-]. The van der Waals surface area contributed by atoms with Gasteiger partial charge in [-0.2, -0.15) is 0 Å². The number of hydrogen-bond acceptors (Lipinski definition) is 2. The van der Waals surface area contributed by atoms with Crippen molar-refractivity contribution < 1.29 is 4.92 Å². The molecule has 2 aromatic rings. The summed E-state index contributed by atoms with van der Waals surface area (Å²) in [5.74, 6) is 0. The predicted molar refractivity (Wildman–Crippen MR) is 67.8 cm³/mol. The van der Waals surface area contributed by atoms with Crippen molar-refractivity contribution in [3.63, 3.8) is 0 Å². The summed E-state index contributed by atoms with van der Waals surface area (Å²) in [7, 11) is 0. The van der Waals surface area contributed by atoms with Crippen molar-refractivity contribution >= 4 is 10.9 Å². The van der Waals surface area contributed by atoms with Gasteiger partial charge in [0, 0.05) is 34.9 Å². The molecule has 1 atom stereocenters. The number of fused-ring (bicyclic) bond motifs is 1. The number of aromatic nitrogens is 1. The van der Waals surface area contributed by atoms with Gasteiger partial charge < -0.3 is 4.98 Å². The third kappa shape index (κ3) is 2.16. The number of nitrogens with zero attached hydrogens (tertiary/aromatic N) is 1. The Morgan fingerprint density at radius 3 is 2.88 bits per heavy atom. The zero-order chi connectivity index (χ0) is 12.4. The van der Waals surface area contributed by atoms with E-state index in [1.54, 1.807) is 0 Å². The molecule has 1 N–H and O–H groups in total. The Morgan fingerprint density at radius 1 is 1.47 bits per heavy atom. The average Bonchev–Trinajstić information content (AvgIpc) is 2.70. The van der Waals surface area contributed by atoms with Crippen LogP contribution in [0, 0.1) is 17.0 Å². The summed E-state index contributed by atoms with van der Waals surface area (Å²) in [5.41, 5.74) is 3.29. The average molecular weight is 232 g/mol. The summed E-state index contributed by atoms with van der Waals surface area (Å²) in [4.78, 5) is 13.9. The van der Waals surface area contributed by atoms with Crippen molar-refractivity contribution in [2.45, 2.75) is 32.7 Å². The number of benzene rings is 1. The first-order valence-electron chi connectivity index (χ1n) is 5.82. The van der Waals surface area contributed by atoms with Gasteiger partial charge in [0.25, 0.3) is 0 Å². The molecular weight excluding hydrogens is 216 g/mol. The molecule has 0 radical (unpaired) electrons. The molecule has 0 spiro atoms. The molecule has 0 saturated heterocycles. The maximum atomic E-state index is 10.9. The molecule has 4 heteroatoms. The highest BCUT2D eigenvalue weighted by molar-refractivity contribution is 5.85. The third-order valence-corrected chi connectivity index (χ3v) is 3.23. The molecule has 4 nitrogen and oxygen atoms in total. The van der Waals surface area contributed by atoms with Crippen LogP contribution in [0.2, 0.25) is 0 Å². The van der Waals surface area contributed by atoms with Gasteiger partial charge in [0.2, 0.25) is 6.04 Å². The number of H-pyrrole nitrogens is 1. The van der Waals surface area contributed by atoms with E-state index in [-0.39, 0.29) is 4.92 Å². The van der Waals surface area contributed by atoms with Gasteiger partial charge in [-0.05, 0) is 18.1 Å². The Balaban J connectivity index is 2.37. The molecule has 90 valence electrons. The molecule has 17 heavy (non-hydrogen) atoms. The number of nitrogens with one attached hydrogen (secondary N) is 1. The minimum Gasteiger partial charge on any atom is -0.361 e. The van der Waals surface area contributed by atoms with E-state index in [1.807, 2.05) is 38.2 Å². The van der Waals surface area contributed by atoms with Crippen LogP contribution in [-0.4, -0.2) is 15.9 Å². The Kier molecular flexibility index (Phi) is 3.13. The first kappa shape index (κ1) is 11.6. The molecule has 0 bridgehead atoms. The second kappa shape index (κ2) is 4.57. The maximum Gasteiger partial charge on any atom is 0.216 e. The second-order valence-corrected chi connectivity index (χ2v) is 4.36. The van der Waals surface area contributed by atoms with Gasteiger partial charge in [-0.15, -0.1) is 0 Å². The summed E-state index contributed by atoms with van der Waals surface area (Å²) >= 11 is 0. The van der Waals surface area contributed by atoms with Gasteiger partial charge in [0.1, 0.15) is 0 Å². The number of para-hydroxylation sites is 1. The lowest BCUT2D eigenvalue weighted by atomic mass is 10.0. The smallest absolute Gasteiger partial charge is 0.216 e. The zero-order valence-electron chi connectivity index (χ0n) is 10.1. The molecule has 0 aliphatic carbocycles. The van der Waals surface area contributed by atoms with Gasteiger partial charge in [0.15, 0.2) is 0 Å².